The molecule has 0 aromatic rings. The summed E-state index contributed by atoms with van der Waals surface area (Å²) in [5.41, 5.74) is 4.93. The van der Waals surface area contributed by atoms with Crippen LogP contribution >= 0.6 is 0 Å². The lowest BCUT2D eigenvalue weighted by atomic mass is 10.0. The molecule has 0 bridgehead atoms. The Bertz CT molecular complexity index is 519. The molecule has 0 aromatic carbocycles. The Morgan fingerprint density at radius 3 is 2.88 bits per heavy atom. The SMILES string of the molecule is CCC(CC)NC(=O)C1=NN=C2C1=CC1=C2C1. The van der Waals surface area contributed by atoms with Crippen molar-refractivity contribution in [2.24, 2.45) is 10.2 Å². The zero-order chi connectivity index (χ0) is 12.0. The number of allylic oxidation sites excluding steroid dienone is 3. The number of hydrogen-bond acceptors (Lipinski definition) is 3. The molecule has 0 radical (unpaired) electrons. The van der Waals surface area contributed by atoms with Gasteiger partial charge in [0.05, 0.1) is 5.71 Å². The summed E-state index contributed by atoms with van der Waals surface area (Å²) in [6.45, 7) is 4.14. The van der Waals surface area contributed by atoms with E-state index in [-0.39, 0.29) is 11.9 Å². The third kappa shape index (κ3) is 1.55. The number of carbonyl (C=O) groups is 1. The van der Waals surface area contributed by atoms with Gasteiger partial charge in [-0.2, -0.15) is 0 Å². The zero-order valence-electron chi connectivity index (χ0n) is 10.1. The summed E-state index contributed by atoms with van der Waals surface area (Å²) in [6, 6.07) is 0.228. The number of nitrogens with one attached hydrogen (secondary N) is 1. The van der Waals surface area contributed by atoms with E-state index in [1.54, 1.807) is 0 Å². The van der Waals surface area contributed by atoms with Crippen molar-refractivity contribution in [3.05, 3.63) is 22.8 Å². The van der Waals surface area contributed by atoms with Crippen molar-refractivity contribution in [3.8, 4) is 0 Å². The molecule has 1 aliphatic heterocycles. The fourth-order valence-electron chi connectivity index (χ4n) is 2.29. The van der Waals surface area contributed by atoms with E-state index in [0.717, 1.165) is 30.5 Å². The van der Waals surface area contributed by atoms with Crippen LogP contribution in [0, 0.1) is 0 Å². The van der Waals surface area contributed by atoms with E-state index < -0.39 is 0 Å². The van der Waals surface area contributed by atoms with E-state index >= 15 is 0 Å². The largest absolute Gasteiger partial charge is 0.348 e. The minimum atomic E-state index is -0.0915. The maximum absolute atomic E-state index is 12.1. The lowest BCUT2D eigenvalue weighted by molar-refractivity contribution is -0.115. The highest BCUT2D eigenvalue weighted by Gasteiger charge is 2.40. The molecule has 3 aliphatic rings. The van der Waals surface area contributed by atoms with Gasteiger partial charge in [0.25, 0.3) is 5.91 Å². The van der Waals surface area contributed by atoms with Crippen LogP contribution in [0.1, 0.15) is 33.1 Å². The van der Waals surface area contributed by atoms with Crippen molar-refractivity contribution < 1.29 is 4.79 Å². The Hall–Kier alpha value is -1.71. The topological polar surface area (TPSA) is 53.8 Å². The predicted molar refractivity (Wildman–Crippen MR) is 67.1 cm³/mol. The average molecular weight is 229 g/mol. The van der Waals surface area contributed by atoms with Crippen molar-refractivity contribution in [2.45, 2.75) is 39.2 Å². The highest BCUT2D eigenvalue weighted by Crippen LogP contribution is 2.43. The number of amides is 1. The van der Waals surface area contributed by atoms with Crippen LogP contribution in [0.5, 0.6) is 0 Å². The Kier molecular flexibility index (Phi) is 2.24. The van der Waals surface area contributed by atoms with Crippen LogP contribution in [0.25, 0.3) is 0 Å². The normalized spacial score (nSPS) is 19.8. The van der Waals surface area contributed by atoms with E-state index in [1.807, 2.05) is 6.08 Å². The van der Waals surface area contributed by atoms with E-state index in [4.69, 9.17) is 0 Å². The van der Waals surface area contributed by atoms with Crippen LogP contribution in [0.15, 0.2) is 33.0 Å². The molecule has 3 rings (SSSR count). The summed E-state index contributed by atoms with van der Waals surface area (Å²) in [5.74, 6) is -0.0915. The van der Waals surface area contributed by atoms with Gasteiger partial charge in [-0.25, -0.2) is 0 Å². The minimum absolute atomic E-state index is 0.0915. The molecule has 0 spiro atoms. The van der Waals surface area contributed by atoms with Gasteiger partial charge in [-0.1, -0.05) is 13.8 Å². The fourth-order valence-corrected chi connectivity index (χ4v) is 2.29. The van der Waals surface area contributed by atoms with Crippen LogP contribution in [-0.4, -0.2) is 23.4 Å². The standard InChI is InChI=1S/C13H15N3O/c1-3-8(4-2)14-13(17)12-10-6-7-5-9(7)11(10)15-16-12/h6,8H,3-5H2,1-2H3,(H,14,17). The number of rotatable bonds is 4. The number of fused-ring (bicyclic) bond motifs is 2. The maximum atomic E-state index is 12.1. The molecule has 1 heterocycles. The summed E-state index contributed by atoms with van der Waals surface area (Å²) in [5, 5.41) is 11.1. The first kappa shape index (κ1) is 10.4. The number of hydrogen-bond donors (Lipinski definition) is 1. The Morgan fingerprint density at radius 1 is 1.41 bits per heavy atom. The van der Waals surface area contributed by atoms with Gasteiger partial charge in [-0.05, 0) is 30.1 Å². The lowest BCUT2D eigenvalue weighted by Gasteiger charge is -2.14. The summed E-state index contributed by atoms with van der Waals surface area (Å²) in [4.78, 5) is 12.1. The van der Waals surface area contributed by atoms with Gasteiger partial charge in [0.15, 0.2) is 5.71 Å². The summed E-state index contributed by atoms with van der Waals surface area (Å²) < 4.78 is 0. The van der Waals surface area contributed by atoms with Crippen molar-refractivity contribution in [1.29, 1.82) is 0 Å². The first-order chi connectivity index (χ1) is 8.24. The van der Waals surface area contributed by atoms with E-state index in [1.165, 1.54) is 11.1 Å². The third-order valence-electron chi connectivity index (χ3n) is 3.53. The summed E-state index contributed by atoms with van der Waals surface area (Å²) in [7, 11) is 0. The molecule has 0 aromatic heterocycles. The van der Waals surface area contributed by atoms with Gasteiger partial charge in [0.2, 0.25) is 0 Å². The molecule has 0 fully saturated rings. The van der Waals surface area contributed by atoms with Crippen LogP contribution in [0.3, 0.4) is 0 Å². The third-order valence-corrected chi connectivity index (χ3v) is 3.53. The van der Waals surface area contributed by atoms with Crippen molar-refractivity contribution in [2.75, 3.05) is 0 Å². The smallest absolute Gasteiger partial charge is 0.272 e. The van der Waals surface area contributed by atoms with Crippen molar-refractivity contribution in [3.63, 3.8) is 0 Å². The predicted octanol–water partition coefficient (Wildman–Crippen LogP) is 1.74. The second-order valence-corrected chi connectivity index (χ2v) is 4.62. The van der Waals surface area contributed by atoms with E-state index in [0.29, 0.717) is 5.71 Å². The molecule has 0 saturated heterocycles. The van der Waals surface area contributed by atoms with Gasteiger partial charge in [-0.3, -0.25) is 4.79 Å². The first-order valence-electron chi connectivity index (χ1n) is 6.16. The molecule has 4 nitrogen and oxygen atoms in total. The van der Waals surface area contributed by atoms with Crippen LogP contribution < -0.4 is 5.32 Å². The zero-order valence-corrected chi connectivity index (χ0v) is 10.1. The second-order valence-electron chi connectivity index (χ2n) is 4.62. The molecular formula is C13H15N3O. The molecule has 1 N–H and O–H groups in total. The molecule has 17 heavy (non-hydrogen) atoms. The Labute approximate surface area is 100 Å². The minimum Gasteiger partial charge on any atom is -0.348 e. The van der Waals surface area contributed by atoms with Gasteiger partial charge >= 0.3 is 0 Å². The Morgan fingerprint density at radius 2 is 2.18 bits per heavy atom. The van der Waals surface area contributed by atoms with Gasteiger partial charge in [-0.15, -0.1) is 10.2 Å². The molecule has 0 unspecified atom stereocenters. The van der Waals surface area contributed by atoms with Gasteiger partial charge < -0.3 is 5.32 Å². The quantitative estimate of drug-likeness (QED) is 0.784. The van der Waals surface area contributed by atoms with E-state index in [9.17, 15) is 4.79 Å². The summed E-state index contributed by atoms with van der Waals surface area (Å²) >= 11 is 0. The molecule has 88 valence electrons. The van der Waals surface area contributed by atoms with Crippen molar-refractivity contribution in [1.82, 2.24) is 5.32 Å². The highest BCUT2D eigenvalue weighted by atomic mass is 16.2. The molecule has 0 atom stereocenters. The second kappa shape index (κ2) is 3.65. The first-order valence-corrected chi connectivity index (χ1v) is 6.16. The molecule has 4 heteroatoms. The molecule has 1 amide bonds. The van der Waals surface area contributed by atoms with Crippen LogP contribution in [0.2, 0.25) is 0 Å². The van der Waals surface area contributed by atoms with Crippen molar-refractivity contribution >= 4 is 17.3 Å². The molecule has 2 aliphatic carbocycles. The monoisotopic (exact) mass is 229 g/mol. The molecule has 0 saturated carbocycles. The van der Waals surface area contributed by atoms with Crippen LogP contribution in [-0.2, 0) is 4.79 Å². The van der Waals surface area contributed by atoms with Crippen LogP contribution in [0.4, 0.5) is 0 Å². The van der Waals surface area contributed by atoms with E-state index in [2.05, 4.69) is 29.4 Å². The van der Waals surface area contributed by atoms with Gasteiger partial charge in [0.1, 0.15) is 0 Å². The fraction of sp³-hybridized carbons (Fsp3) is 0.462. The molecular weight excluding hydrogens is 214 g/mol. The highest BCUT2D eigenvalue weighted by molar-refractivity contribution is 6.56. The Balaban J connectivity index is 1.71. The number of carbonyl (C=O) groups excluding carboxylic acids is 1. The number of nitrogens with zero attached hydrogens (tertiary/aromatic N) is 2. The lowest BCUT2D eigenvalue weighted by Crippen LogP contribution is -2.39. The maximum Gasteiger partial charge on any atom is 0.272 e. The average Bonchev–Trinajstić information content (AvgIpc) is 2.83. The summed E-state index contributed by atoms with van der Waals surface area (Å²) in [6.07, 6.45) is 4.96. The van der Waals surface area contributed by atoms with Gasteiger partial charge in [0, 0.05) is 18.0 Å².